The summed E-state index contributed by atoms with van der Waals surface area (Å²) in [4.78, 5) is 36.9. The Morgan fingerprint density at radius 3 is 2.59 bits per heavy atom. The van der Waals surface area contributed by atoms with Crippen molar-refractivity contribution in [2.75, 3.05) is 13.6 Å². The molecular weight excluding hydrogens is 514 g/mol. The lowest BCUT2D eigenvalue weighted by Crippen LogP contribution is -2.34. The third-order valence-electron chi connectivity index (χ3n) is 4.78. The molecule has 0 saturated carbocycles. The molecule has 3 aromatic rings. The molecule has 0 bridgehead atoms. The molecule has 1 aromatic heterocycles. The highest BCUT2D eigenvalue weighted by Crippen LogP contribution is 2.26. The Morgan fingerprint density at radius 2 is 1.91 bits per heavy atom. The molecule has 2 aromatic carbocycles. The fourth-order valence-electron chi connectivity index (χ4n) is 3.14. The van der Waals surface area contributed by atoms with Gasteiger partial charge < -0.3 is 21.1 Å². The van der Waals surface area contributed by atoms with Gasteiger partial charge in [-0.25, -0.2) is 8.78 Å². The lowest BCUT2D eigenvalue weighted by atomic mass is 10.1. The number of nitrogens with one attached hydrogen (secondary N) is 2. The van der Waals surface area contributed by atoms with Gasteiger partial charge in [-0.1, -0.05) is 6.07 Å². The van der Waals surface area contributed by atoms with Gasteiger partial charge in [-0.05, 0) is 53.3 Å². The standard InChI is InChI=1S/C23H21BrF2N4O4/c1-28-11-20(31)29-10-17-9-19(34-12-14-5-6-15(25)8-18(14)26)21(24)23(33)30(17)16-4-2-3-13(7-16)22(27)32/h2-9,28H,10-12H2,1H3,(H2,27,32)(H,29,31). The van der Waals surface area contributed by atoms with Gasteiger partial charge in [-0.2, -0.15) is 0 Å². The smallest absolute Gasteiger partial charge is 0.273 e. The van der Waals surface area contributed by atoms with Gasteiger partial charge in [-0.3, -0.25) is 19.0 Å². The second-order valence-corrected chi connectivity index (χ2v) is 7.99. The zero-order valence-electron chi connectivity index (χ0n) is 18.0. The molecule has 0 unspecified atom stereocenters. The molecule has 34 heavy (non-hydrogen) atoms. The number of likely N-dealkylation sites (N-methyl/N-ethyl adjacent to an activating group) is 1. The van der Waals surface area contributed by atoms with Crippen molar-refractivity contribution in [3.8, 4) is 11.4 Å². The number of nitrogens with zero attached hydrogens (tertiary/aromatic N) is 1. The molecule has 0 fully saturated rings. The molecule has 0 radical (unpaired) electrons. The van der Waals surface area contributed by atoms with Crippen LogP contribution >= 0.6 is 15.9 Å². The number of hydrogen-bond acceptors (Lipinski definition) is 5. The van der Waals surface area contributed by atoms with Crippen LogP contribution in [0, 0.1) is 11.6 Å². The maximum Gasteiger partial charge on any atom is 0.273 e. The van der Waals surface area contributed by atoms with Crippen LogP contribution in [-0.4, -0.2) is 30.0 Å². The van der Waals surface area contributed by atoms with E-state index in [-0.39, 0.29) is 47.0 Å². The van der Waals surface area contributed by atoms with Crippen LogP contribution in [0.2, 0.25) is 0 Å². The molecule has 0 saturated heterocycles. The number of ether oxygens (including phenoxy) is 1. The Labute approximate surface area is 201 Å². The van der Waals surface area contributed by atoms with E-state index >= 15 is 0 Å². The van der Waals surface area contributed by atoms with E-state index in [0.717, 1.165) is 12.1 Å². The first-order valence-electron chi connectivity index (χ1n) is 10.0. The maximum atomic E-state index is 14.0. The monoisotopic (exact) mass is 534 g/mol. The van der Waals surface area contributed by atoms with Crippen molar-refractivity contribution in [3.63, 3.8) is 0 Å². The number of halogens is 3. The highest BCUT2D eigenvalue weighted by molar-refractivity contribution is 9.10. The number of carbonyl (C=O) groups excluding carboxylic acids is 2. The van der Waals surface area contributed by atoms with Crippen LogP contribution in [0.15, 0.2) is 57.8 Å². The van der Waals surface area contributed by atoms with Gasteiger partial charge in [0, 0.05) is 34.6 Å². The number of amides is 2. The van der Waals surface area contributed by atoms with Crippen molar-refractivity contribution < 1.29 is 23.1 Å². The molecule has 4 N–H and O–H groups in total. The number of pyridine rings is 1. The third kappa shape index (κ3) is 5.86. The zero-order chi connectivity index (χ0) is 24.8. The molecule has 178 valence electrons. The second kappa shape index (κ2) is 11.0. The van der Waals surface area contributed by atoms with Crippen LogP contribution in [0.1, 0.15) is 21.6 Å². The van der Waals surface area contributed by atoms with Crippen molar-refractivity contribution in [1.29, 1.82) is 0 Å². The largest absolute Gasteiger partial charge is 0.487 e. The lowest BCUT2D eigenvalue weighted by molar-refractivity contribution is -0.120. The fraction of sp³-hybridized carbons (Fsp3) is 0.174. The molecule has 0 aliphatic heterocycles. The number of rotatable bonds is 9. The first-order valence-corrected chi connectivity index (χ1v) is 10.8. The molecule has 11 heteroatoms. The Kier molecular flexibility index (Phi) is 8.13. The number of aromatic nitrogens is 1. The van der Waals surface area contributed by atoms with Crippen molar-refractivity contribution >= 4 is 27.7 Å². The van der Waals surface area contributed by atoms with Crippen molar-refractivity contribution in [2.24, 2.45) is 5.73 Å². The van der Waals surface area contributed by atoms with Gasteiger partial charge in [-0.15, -0.1) is 0 Å². The normalized spacial score (nSPS) is 10.7. The van der Waals surface area contributed by atoms with E-state index < -0.39 is 23.1 Å². The van der Waals surface area contributed by atoms with E-state index in [2.05, 4.69) is 26.6 Å². The Balaban J connectivity index is 2.03. The lowest BCUT2D eigenvalue weighted by Gasteiger charge is -2.18. The minimum absolute atomic E-state index is 0.0322. The molecule has 1 heterocycles. The Bertz CT molecular complexity index is 1300. The van der Waals surface area contributed by atoms with Crippen molar-refractivity contribution in [3.05, 3.63) is 91.8 Å². The van der Waals surface area contributed by atoms with E-state index in [0.29, 0.717) is 11.4 Å². The van der Waals surface area contributed by atoms with Crippen LogP contribution in [0.5, 0.6) is 5.75 Å². The minimum atomic E-state index is -0.785. The number of nitrogens with two attached hydrogens (primary N) is 1. The Morgan fingerprint density at radius 1 is 1.15 bits per heavy atom. The first-order chi connectivity index (χ1) is 16.2. The second-order valence-electron chi connectivity index (χ2n) is 7.20. The van der Waals surface area contributed by atoms with Gasteiger partial charge in [0.25, 0.3) is 5.56 Å². The predicted octanol–water partition coefficient (Wildman–Crippen LogP) is 2.39. The van der Waals surface area contributed by atoms with E-state index in [1.807, 2.05) is 0 Å². The molecular formula is C23H21BrF2N4O4. The van der Waals surface area contributed by atoms with E-state index in [9.17, 15) is 23.2 Å². The zero-order valence-corrected chi connectivity index (χ0v) is 19.6. The van der Waals surface area contributed by atoms with Gasteiger partial charge in [0.15, 0.2) is 0 Å². The van der Waals surface area contributed by atoms with Gasteiger partial charge >= 0.3 is 0 Å². The predicted molar refractivity (Wildman–Crippen MR) is 125 cm³/mol. The summed E-state index contributed by atoms with van der Waals surface area (Å²) in [5.74, 6) is -2.39. The summed E-state index contributed by atoms with van der Waals surface area (Å²) in [5, 5.41) is 5.41. The van der Waals surface area contributed by atoms with Crippen LogP contribution < -0.4 is 26.7 Å². The SMILES string of the molecule is CNCC(=O)NCc1cc(OCc2ccc(F)cc2F)c(Br)c(=O)n1-c1cccc(C(N)=O)c1. The van der Waals surface area contributed by atoms with Crippen LogP contribution in [0.4, 0.5) is 8.78 Å². The molecule has 0 atom stereocenters. The van der Waals surface area contributed by atoms with E-state index in [1.54, 1.807) is 19.2 Å². The maximum absolute atomic E-state index is 14.0. The molecule has 0 aliphatic rings. The summed E-state index contributed by atoms with van der Waals surface area (Å²) in [6.07, 6.45) is 0. The molecule has 0 aliphatic carbocycles. The highest BCUT2D eigenvalue weighted by atomic mass is 79.9. The van der Waals surface area contributed by atoms with E-state index in [4.69, 9.17) is 10.5 Å². The quantitative estimate of drug-likeness (QED) is 0.390. The number of benzene rings is 2. The fourth-order valence-corrected chi connectivity index (χ4v) is 3.54. The minimum Gasteiger partial charge on any atom is -0.487 e. The molecule has 3 rings (SSSR count). The topological polar surface area (TPSA) is 115 Å². The Hall–Kier alpha value is -3.57. The van der Waals surface area contributed by atoms with Gasteiger partial charge in [0.2, 0.25) is 11.8 Å². The van der Waals surface area contributed by atoms with Crippen LogP contribution in [-0.2, 0) is 17.9 Å². The van der Waals surface area contributed by atoms with Crippen LogP contribution in [0.3, 0.4) is 0 Å². The average molecular weight is 535 g/mol. The van der Waals surface area contributed by atoms with Crippen LogP contribution in [0.25, 0.3) is 5.69 Å². The summed E-state index contributed by atoms with van der Waals surface area (Å²) in [5.41, 5.74) is 5.78. The molecule has 8 nitrogen and oxygen atoms in total. The van der Waals surface area contributed by atoms with Crippen molar-refractivity contribution in [1.82, 2.24) is 15.2 Å². The summed E-state index contributed by atoms with van der Waals surface area (Å²) < 4.78 is 34.1. The number of carbonyl (C=O) groups is 2. The summed E-state index contributed by atoms with van der Waals surface area (Å²) in [6, 6.07) is 10.7. The summed E-state index contributed by atoms with van der Waals surface area (Å²) in [6.45, 7) is -0.257. The van der Waals surface area contributed by atoms with Gasteiger partial charge in [0.1, 0.15) is 28.5 Å². The number of hydrogen-bond donors (Lipinski definition) is 3. The average Bonchev–Trinajstić information content (AvgIpc) is 2.80. The first kappa shape index (κ1) is 25.1. The summed E-state index contributed by atoms with van der Waals surface area (Å²) >= 11 is 3.22. The third-order valence-corrected chi connectivity index (χ3v) is 5.51. The van der Waals surface area contributed by atoms with Crippen molar-refractivity contribution in [2.45, 2.75) is 13.2 Å². The summed E-state index contributed by atoms with van der Waals surface area (Å²) in [7, 11) is 1.62. The van der Waals surface area contributed by atoms with Gasteiger partial charge in [0.05, 0.1) is 13.1 Å². The van der Waals surface area contributed by atoms with E-state index in [1.165, 1.54) is 28.8 Å². The molecule has 0 spiro atoms. The molecule has 2 amide bonds. The number of primary amides is 1. The highest BCUT2D eigenvalue weighted by Gasteiger charge is 2.18.